The van der Waals surface area contributed by atoms with Crippen molar-refractivity contribution in [3.05, 3.63) is 47.5 Å². The molecule has 0 aliphatic carbocycles. The molecule has 2 amide bonds. The number of morpholine rings is 1. The summed E-state index contributed by atoms with van der Waals surface area (Å²) in [7, 11) is 0. The van der Waals surface area contributed by atoms with Gasteiger partial charge in [0.05, 0.1) is 30.8 Å². The molecule has 1 saturated heterocycles. The van der Waals surface area contributed by atoms with Gasteiger partial charge in [-0.05, 0) is 24.6 Å². The summed E-state index contributed by atoms with van der Waals surface area (Å²) < 4.78 is 24.0. The van der Waals surface area contributed by atoms with Crippen LogP contribution in [0.25, 0.3) is 0 Å². The summed E-state index contributed by atoms with van der Waals surface area (Å²) in [6, 6.07) is 7.91. The van der Waals surface area contributed by atoms with Crippen molar-refractivity contribution in [3.63, 3.8) is 0 Å². The molecule has 0 bridgehead atoms. The number of carbonyl (C=O) groups is 2. The number of nitrogens with one attached hydrogen (secondary N) is 2. The molecule has 1 aromatic carbocycles. The van der Waals surface area contributed by atoms with Gasteiger partial charge in [-0.25, -0.2) is 4.39 Å². The summed E-state index contributed by atoms with van der Waals surface area (Å²) in [5.41, 5.74) is 0.812. The van der Waals surface area contributed by atoms with Gasteiger partial charge in [0.25, 0.3) is 0 Å². The monoisotopic (exact) mass is 436 g/mol. The second-order valence-electron chi connectivity index (χ2n) is 6.89. The molecular formula is C20H25FN4O4S. The predicted octanol–water partition coefficient (Wildman–Crippen LogP) is 1.98. The molecule has 1 aromatic heterocycles. The lowest BCUT2D eigenvalue weighted by atomic mass is 10.0. The molecular weight excluding hydrogens is 411 g/mol. The first-order chi connectivity index (χ1) is 14.5. The molecule has 3 rings (SSSR count). The van der Waals surface area contributed by atoms with E-state index in [-0.39, 0.29) is 35.2 Å². The number of amides is 2. The highest BCUT2D eigenvalue weighted by atomic mass is 32.2. The van der Waals surface area contributed by atoms with E-state index >= 15 is 0 Å². The van der Waals surface area contributed by atoms with Crippen molar-refractivity contribution in [1.29, 1.82) is 0 Å². The minimum absolute atomic E-state index is 0.121. The van der Waals surface area contributed by atoms with Gasteiger partial charge in [0.15, 0.2) is 5.82 Å². The van der Waals surface area contributed by atoms with Gasteiger partial charge in [0.2, 0.25) is 11.8 Å². The molecule has 1 unspecified atom stereocenters. The first-order valence-corrected chi connectivity index (χ1v) is 10.8. The second kappa shape index (κ2) is 11.1. The van der Waals surface area contributed by atoms with Crippen LogP contribution in [0.15, 0.2) is 34.9 Å². The van der Waals surface area contributed by atoms with E-state index in [0.717, 1.165) is 5.56 Å². The Hall–Kier alpha value is -2.43. The Bertz CT molecular complexity index is 857. The number of ether oxygens (including phenoxy) is 1. The minimum atomic E-state index is -0.305. The lowest BCUT2D eigenvalue weighted by molar-refractivity contribution is -0.118. The lowest BCUT2D eigenvalue weighted by Crippen LogP contribution is -2.44. The maximum Gasteiger partial charge on any atom is 0.235 e. The fourth-order valence-electron chi connectivity index (χ4n) is 3.16. The molecule has 1 aliphatic rings. The largest absolute Gasteiger partial charge is 0.379 e. The van der Waals surface area contributed by atoms with Crippen LogP contribution in [0, 0.1) is 12.7 Å². The van der Waals surface area contributed by atoms with Crippen LogP contribution in [0.2, 0.25) is 0 Å². The number of nitrogens with zero attached hydrogens (tertiary/aromatic N) is 2. The number of halogens is 1. The van der Waals surface area contributed by atoms with E-state index in [9.17, 15) is 14.0 Å². The SMILES string of the molecule is Cc1cc(NC(=O)CSCC(=O)NCC(c2cccc(F)c2)N2CCOCC2)no1. The molecule has 2 aromatic rings. The van der Waals surface area contributed by atoms with E-state index in [1.807, 2.05) is 6.07 Å². The molecule has 2 heterocycles. The normalized spacial score (nSPS) is 15.5. The standard InChI is InChI=1S/C20H25FN4O4S/c1-14-9-18(24-29-14)23-20(27)13-30-12-19(26)22-11-17(25-5-7-28-8-6-25)15-3-2-4-16(21)10-15/h2-4,9-10,17H,5-8,11-13H2,1H3,(H,22,26)(H,23,24,27). The van der Waals surface area contributed by atoms with E-state index in [1.54, 1.807) is 19.1 Å². The third kappa shape index (κ3) is 6.82. The summed E-state index contributed by atoms with van der Waals surface area (Å²) >= 11 is 1.20. The Morgan fingerprint density at radius 3 is 2.70 bits per heavy atom. The average Bonchev–Trinajstić information content (AvgIpc) is 3.13. The summed E-state index contributed by atoms with van der Waals surface area (Å²) in [6.07, 6.45) is 0. The Morgan fingerprint density at radius 1 is 1.23 bits per heavy atom. The van der Waals surface area contributed by atoms with E-state index in [0.29, 0.717) is 44.4 Å². The molecule has 1 aliphatic heterocycles. The van der Waals surface area contributed by atoms with Crippen LogP contribution in [-0.2, 0) is 14.3 Å². The first-order valence-electron chi connectivity index (χ1n) is 9.66. The van der Waals surface area contributed by atoms with E-state index in [4.69, 9.17) is 9.26 Å². The lowest BCUT2D eigenvalue weighted by Gasteiger charge is -2.35. The van der Waals surface area contributed by atoms with Crippen molar-refractivity contribution in [2.24, 2.45) is 0 Å². The summed E-state index contributed by atoms with van der Waals surface area (Å²) in [5.74, 6) is 0.476. The van der Waals surface area contributed by atoms with Crippen LogP contribution in [0.1, 0.15) is 17.4 Å². The summed E-state index contributed by atoms with van der Waals surface area (Å²) in [6.45, 7) is 4.73. The van der Waals surface area contributed by atoms with Gasteiger partial charge in [-0.2, -0.15) is 0 Å². The highest BCUT2D eigenvalue weighted by Gasteiger charge is 2.23. The fraction of sp³-hybridized carbons (Fsp3) is 0.450. The molecule has 10 heteroatoms. The van der Waals surface area contributed by atoms with Crippen LogP contribution >= 0.6 is 11.8 Å². The minimum Gasteiger partial charge on any atom is -0.379 e. The van der Waals surface area contributed by atoms with E-state index in [1.165, 1.54) is 23.9 Å². The number of thioether (sulfide) groups is 1. The topological polar surface area (TPSA) is 96.7 Å². The molecule has 0 radical (unpaired) electrons. The fourth-order valence-corrected chi connectivity index (χ4v) is 3.81. The summed E-state index contributed by atoms with van der Waals surface area (Å²) in [4.78, 5) is 26.3. The zero-order valence-corrected chi connectivity index (χ0v) is 17.5. The van der Waals surface area contributed by atoms with Crippen molar-refractivity contribution in [2.45, 2.75) is 13.0 Å². The Morgan fingerprint density at radius 2 is 2.00 bits per heavy atom. The van der Waals surface area contributed by atoms with E-state index < -0.39 is 0 Å². The zero-order valence-electron chi connectivity index (χ0n) is 16.7. The van der Waals surface area contributed by atoms with Crippen molar-refractivity contribution in [1.82, 2.24) is 15.4 Å². The quantitative estimate of drug-likeness (QED) is 0.620. The Balaban J connectivity index is 1.46. The van der Waals surface area contributed by atoms with Gasteiger partial charge in [-0.1, -0.05) is 17.3 Å². The van der Waals surface area contributed by atoms with Crippen LogP contribution in [0.3, 0.4) is 0 Å². The number of aromatic nitrogens is 1. The van der Waals surface area contributed by atoms with Crippen LogP contribution in [0.4, 0.5) is 10.2 Å². The third-order valence-corrected chi connectivity index (χ3v) is 5.51. The second-order valence-corrected chi connectivity index (χ2v) is 7.87. The maximum atomic E-state index is 13.7. The highest BCUT2D eigenvalue weighted by molar-refractivity contribution is 8.00. The molecule has 2 N–H and O–H groups in total. The van der Waals surface area contributed by atoms with Crippen molar-refractivity contribution >= 4 is 29.4 Å². The smallest absolute Gasteiger partial charge is 0.235 e. The van der Waals surface area contributed by atoms with Gasteiger partial charge in [0.1, 0.15) is 11.6 Å². The molecule has 0 spiro atoms. The Labute approximate surface area is 178 Å². The third-order valence-electron chi connectivity index (χ3n) is 4.57. The number of rotatable bonds is 9. The number of carbonyl (C=O) groups excluding carboxylic acids is 2. The van der Waals surface area contributed by atoms with Crippen molar-refractivity contribution < 1.29 is 23.2 Å². The molecule has 0 saturated carbocycles. The summed E-state index contributed by atoms with van der Waals surface area (Å²) in [5, 5.41) is 9.20. The number of benzene rings is 1. The van der Waals surface area contributed by atoms with Crippen LogP contribution in [0.5, 0.6) is 0 Å². The Kier molecular flexibility index (Phi) is 8.23. The van der Waals surface area contributed by atoms with E-state index in [2.05, 4.69) is 20.7 Å². The van der Waals surface area contributed by atoms with Gasteiger partial charge in [-0.3, -0.25) is 14.5 Å². The van der Waals surface area contributed by atoms with Gasteiger partial charge in [-0.15, -0.1) is 11.8 Å². The number of aryl methyl sites for hydroxylation is 1. The molecule has 1 atom stereocenters. The van der Waals surface area contributed by atoms with Crippen molar-refractivity contribution in [3.8, 4) is 0 Å². The molecule has 30 heavy (non-hydrogen) atoms. The highest BCUT2D eigenvalue weighted by Crippen LogP contribution is 2.22. The zero-order chi connectivity index (χ0) is 21.3. The molecule has 162 valence electrons. The first kappa shape index (κ1) is 22.3. The van der Waals surface area contributed by atoms with Gasteiger partial charge < -0.3 is 19.9 Å². The van der Waals surface area contributed by atoms with Crippen LogP contribution < -0.4 is 10.6 Å². The van der Waals surface area contributed by atoms with Crippen molar-refractivity contribution in [2.75, 3.05) is 49.7 Å². The molecule has 1 fully saturated rings. The number of hydrogen-bond donors (Lipinski definition) is 2. The van der Waals surface area contributed by atoms with Gasteiger partial charge in [0, 0.05) is 25.7 Å². The predicted molar refractivity (Wildman–Crippen MR) is 112 cm³/mol. The average molecular weight is 437 g/mol. The van der Waals surface area contributed by atoms with Crippen LogP contribution in [-0.4, -0.2) is 66.2 Å². The van der Waals surface area contributed by atoms with Gasteiger partial charge >= 0.3 is 0 Å². The molecule has 8 nitrogen and oxygen atoms in total. The maximum absolute atomic E-state index is 13.7. The number of hydrogen-bond acceptors (Lipinski definition) is 7. The number of anilines is 1.